The monoisotopic (exact) mass is 437 g/mol. The van der Waals surface area contributed by atoms with Crippen molar-refractivity contribution in [2.75, 3.05) is 18.4 Å². The van der Waals surface area contributed by atoms with Crippen LogP contribution < -0.4 is 10.6 Å². The lowest BCUT2D eigenvalue weighted by Gasteiger charge is -2.37. The lowest BCUT2D eigenvalue weighted by atomic mass is 9.88. The SMILES string of the molecule is CCC1(F)CNCCC1Nc1nc(N=O)c2c(-c3cc(F)c4ncccc4c3)ccn2n1. The van der Waals surface area contributed by atoms with E-state index in [1.54, 1.807) is 37.4 Å². The second kappa shape index (κ2) is 7.86. The number of piperidine rings is 1. The van der Waals surface area contributed by atoms with Crippen LogP contribution in [0.3, 0.4) is 0 Å². The summed E-state index contributed by atoms with van der Waals surface area (Å²) in [6.07, 6.45) is 4.05. The second-order valence-corrected chi connectivity index (χ2v) is 7.96. The average molecular weight is 437 g/mol. The third kappa shape index (κ3) is 3.36. The zero-order chi connectivity index (χ0) is 22.3. The Bertz CT molecular complexity index is 1320. The zero-order valence-electron chi connectivity index (χ0n) is 17.3. The van der Waals surface area contributed by atoms with Gasteiger partial charge in [-0.25, -0.2) is 13.3 Å². The first-order chi connectivity index (χ1) is 15.5. The van der Waals surface area contributed by atoms with Gasteiger partial charge in [-0.15, -0.1) is 10.0 Å². The number of rotatable bonds is 5. The van der Waals surface area contributed by atoms with Gasteiger partial charge in [0.25, 0.3) is 0 Å². The standard InChI is InChI=1S/C22H21F2N7O/c1-2-22(24)12-25-8-5-17(22)27-21-28-20(30-32)19-15(6-9-31(19)29-21)14-10-13-4-3-7-26-18(13)16(23)11-14/h3-4,6-7,9-11,17,25H,2,5,8,12H2,1H3,(H,27,29). The molecule has 32 heavy (non-hydrogen) atoms. The summed E-state index contributed by atoms with van der Waals surface area (Å²) in [6, 6.07) is 7.86. The molecule has 164 valence electrons. The summed E-state index contributed by atoms with van der Waals surface area (Å²) < 4.78 is 31.3. The fraction of sp³-hybridized carbons (Fsp3) is 0.318. The molecule has 4 aromatic rings. The van der Waals surface area contributed by atoms with E-state index < -0.39 is 17.5 Å². The van der Waals surface area contributed by atoms with Crippen LogP contribution in [-0.4, -0.2) is 44.4 Å². The third-order valence-electron chi connectivity index (χ3n) is 6.09. The Morgan fingerprint density at radius 1 is 1.38 bits per heavy atom. The van der Waals surface area contributed by atoms with Gasteiger partial charge < -0.3 is 10.6 Å². The summed E-state index contributed by atoms with van der Waals surface area (Å²) in [6.45, 7) is 2.69. The van der Waals surface area contributed by atoms with Crippen LogP contribution in [0.2, 0.25) is 0 Å². The minimum absolute atomic E-state index is 0.107. The maximum atomic E-state index is 15.2. The highest BCUT2D eigenvalue weighted by Crippen LogP contribution is 2.34. The van der Waals surface area contributed by atoms with Gasteiger partial charge in [-0.05, 0) is 54.4 Å². The largest absolute Gasteiger partial charge is 0.347 e. The fourth-order valence-electron chi connectivity index (χ4n) is 4.32. The minimum Gasteiger partial charge on any atom is -0.347 e. The van der Waals surface area contributed by atoms with Crippen LogP contribution in [0.5, 0.6) is 0 Å². The van der Waals surface area contributed by atoms with Crippen LogP contribution in [0.4, 0.5) is 20.5 Å². The minimum atomic E-state index is -1.45. The van der Waals surface area contributed by atoms with Crippen LogP contribution in [0.25, 0.3) is 27.5 Å². The topological polar surface area (TPSA) is 96.6 Å². The highest BCUT2D eigenvalue weighted by atomic mass is 19.1. The summed E-state index contributed by atoms with van der Waals surface area (Å²) in [5.74, 6) is -0.461. The molecular weight excluding hydrogens is 416 g/mol. The van der Waals surface area contributed by atoms with Crippen LogP contribution in [0.15, 0.2) is 47.9 Å². The zero-order valence-corrected chi connectivity index (χ0v) is 17.3. The number of hydrogen-bond donors (Lipinski definition) is 2. The van der Waals surface area contributed by atoms with Crippen LogP contribution >= 0.6 is 0 Å². The number of nitrogens with one attached hydrogen (secondary N) is 2. The Morgan fingerprint density at radius 3 is 3.06 bits per heavy atom. The molecule has 0 amide bonds. The first kappa shape index (κ1) is 20.4. The van der Waals surface area contributed by atoms with Crippen molar-refractivity contribution in [3.05, 3.63) is 53.4 Å². The molecule has 10 heteroatoms. The molecule has 8 nitrogen and oxygen atoms in total. The molecule has 1 aliphatic rings. The summed E-state index contributed by atoms with van der Waals surface area (Å²) >= 11 is 0. The fourth-order valence-corrected chi connectivity index (χ4v) is 4.32. The summed E-state index contributed by atoms with van der Waals surface area (Å²) in [5, 5.41) is 14.2. The highest BCUT2D eigenvalue weighted by molar-refractivity contribution is 5.92. The number of nitrogens with zero attached hydrogens (tertiary/aromatic N) is 5. The van der Waals surface area contributed by atoms with Gasteiger partial charge >= 0.3 is 0 Å². The first-order valence-corrected chi connectivity index (χ1v) is 10.5. The van der Waals surface area contributed by atoms with Crippen LogP contribution in [0.1, 0.15) is 19.8 Å². The molecule has 2 unspecified atom stereocenters. The molecule has 5 rings (SSSR count). The van der Waals surface area contributed by atoms with Crippen molar-refractivity contribution in [1.82, 2.24) is 24.9 Å². The van der Waals surface area contributed by atoms with Gasteiger partial charge in [0, 0.05) is 29.9 Å². The normalized spacial score (nSPS) is 21.2. The molecule has 0 bridgehead atoms. The second-order valence-electron chi connectivity index (χ2n) is 7.96. The number of alkyl halides is 1. The molecule has 0 aliphatic carbocycles. The maximum Gasteiger partial charge on any atom is 0.243 e. The van der Waals surface area contributed by atoms with E-state index in [1.807, 2.05) is 0 Å². The summed E-state index contributed by atoms with van der Waals surface area (Å²) in [7, 11) is 0. The van der Waals surface area contributed by atoms with Gasteiger partial charge in [0.15, 0.2) is 0 Å². The Kier molecular flexibility index (Phi) is 5.01. The Morgan fingerprint density at radius 2 is 2.25 bits per heavy atom. The Balaban J connectivity index is 1.57. The van der Waals surface area contributed by atoms with Gasteiger partial charge in [-0.3, -0.25) is 4.98 Å². The highest BCUT2D eigenvalue weighted by Gasteiger charge is 2.40. The third-order valence-corrected chi connectivity index (χ3v) is 6.09. The molecule has 2 N–H and O–H groups in total. The summed E-state index contributed by atoms with van der Waals surface area (Å²) in [5.41, 5.74) is 0.270. The quantitative estimate of drug-likeness (QED) is 0.450. The van der Waals surface area contributed by atoms with Gasteiger partial charge in [0.1, 0.15) is 22.5 Å². The molecular formula is C22H21F2N7O. The molecule has 1 aliphatic heterocycles. The maximum absolute atomic E-state index is 15.2. The number of fused-ring (bicyclic) bond motifs is 2. The smallest absolute Gasteiger partial charge is 0.243 e. The van der Waals surface area contributed by atoms with E-state index in [-0.39, 0.29) is 23.8 Å². The molecule has 1 saturated heterocycles. The number of hydrogen-bond acceptors (Lipinski definition) is 7. The van der Waals surface area contributed by atoms with E-state index in [2.05, 4.69) is 30.9 Å². The lowest BCUT2D eigenvalue weighted by Crippen LogP contribution is -2.55. The number of nitroso groups, excluding NO2 is 1. The van der Waals surface area contributed by atoms with Crippen molar-refractivity contribution < 1.29 is 8.78 Å². The van der Waals surface area contributed by atoms with E-state index in [9.17, 15) is 9.30 Å². The summed E-state index contributed by atoms with van der Waals surface area (Å²) in [4.78, 5) is 20.0. The van der Waals surface area contributed by atoms with E-state index in [0.717, 1.165) is 0 Å². The first-order valence-electron chi connectivity index (χ1n) is 10.5. The predicted molar refractivity (Wildman–Crippen MR) is 118 cm³/mol. The molecule has 0 radical (unpaired) electrons. The number of halogens is 2. The molecule has 0 saturated carbocycles. The molecule has 2 atom stereocenters. The average Bonchev–Trinajstić information content (AvgIpc) is 3.24. The molecule has 3 aromatic heterocycles. The number of anilines is 1. The van der Waals surface area contributed by atoms with E-state index in [1.165, 1.54) is 16.8 Å². The lowest BCUT2D eigenvalue weighted by molar-refractivity contribution is 0.101. The predicted octanol–water partition coefficient (Wildman–Crippen LogP) is 4.37. The van der Waals surface area contributed by atoms with E-state index >= 15 is 4.39 Å². The number of aromatic nitrogens is 4. The van der Waals surface area contributed by atoms with Crippen molar-refractivity contribution in [2.45, 2.75) is 31.5 Å². The Labute approximate surface area is 182 Å². The van der Waals surface area contributed by atoms with Crippen molar-refractivity contribution in [2.24, 2.45) is 5.18 Å². The van der Waals surface area contributed by atoms with Crippen LogP contribution in [0, 0.1) is 10.7 Å². The van der Waals surface area contributed by atoms with Gasteiger partial charge in [0.05, 0.1) is 6.04 Å². The van der Waals surface area contributed by atoms with E-state index in [4.69, 9.17) is 0 Å². The van der Waals surface area contributed by atoms with Gasteiger partial charge in [0.2, 0.25) is 11.8 Å². The van der Waals surface area contributed by atoms with Crippen molar-refractivity contribution in [3.8, 4) is 11.1 Å². The van der Waals surface area contributed by atoms with Gasteiger partial charge in [-0.1, -0.05) is 13.0 Å². The molecule has 1 aromatic carbocycles. The van der Waals surface area contributed by atoms with Crippen molar-refractivity contribution >= 4 is 28.2 Å². The van der Waals surface area contributed by atoms with Crippen molar-refractivity contribution in [3.63, 3.8) is 0 Å². The number of pyridine rings is 1. The molecule has 1 fully saturated rings. The van der Waals surface area contributed by atoms with Crippen molar-refractivity contribution in [1.29, 1.82) is 0 Å². The Hall–Kier alpha value is -3.53. The van der Waals surface area contributed by atoms with E-state index in [0.29, 0.717) is 41.4 Å². The van der Waals surface area contributed by atoms with Gasteiger partial charge in [-0.2, -0.15) is 4.98 Å². The molecule has 4 heterocycles. The number of benzene rings is 1. The molecule has 0 spiro atoms. The van der Waals surface area contributed by atoms with Crippen LogP contribution in [-0.2, 0) is 0 Å².